The Balaban J connectivity index is 1.34. The van der Waals surface area contributed by atoms with Gasteiger partial charge in [-0.1, -0.05) is 30.3 Å². The van der Waals surface area contributed by atoms with Crippen LogP contribution >= 0.6 is 0 Å². The highest BCUT2D eigenvalue weighted by Gasteiger charge is 2.53. The van der Waals surface area contributed by atoms with Gasteiger partial charge in [-0.25, -0.2) is 8.78 Å². The van der Waals surface area contributed by atoms with E-state index in [0.29, 0.717) is 29.2 Å². The van der Waals surface area contributed by atoms with E-state index in [1.54, 1.807) is 6.07 Å². The minimum atomic E-state index is -0.781. The molecule has 1 aliphatic heterocycles. The normalized spacial score (nSPS) is 27.4. The smallest absolute Gasteiger partial charge is 0.255 e. The monoisotopic (exact) mass is 430 g/mol. The average molecular weight is 430 g/mol. The first-order chi connectivity index (χ1) is 15.6. The molecule has 2 aliphatic carbocycles. The SMILES string of the molecule is O=C(Nc1ccc(F)cc1F)c1ccc2c(c1)[C@@H]1[C@H]3CC[C@@H](C3)[C@H]1[C@H](c1ccccc1)N2. The van der Waals surface area contributed by atoms with Crippen LogP contribution in [0, 0.1) is 29.4 Å². The van der Waals surface area contributed by atoms with Gasteiger partial charge in [-0.3, -0.25) is 4.79 Å². The summed E-state index contributed by atoms with van der Waals surface area (Å²) in [4.78, 5) is 12.9. The van der Waals surface area contributed by atoms with E-state index in [0.717, 1.165) is 17.8 Å². The van der Waals surface area contributed by atoms with E-state index in [9.17, 15) is 13.6 Å². The van der Waals surface area contributed by atoms with Gasteiger partial charge in [0.1, 0.15) is 11.6 Å². The molecular formula is C27H24F2N2O. The molecule has 32 heavy (non-hydrogen) atoms. The Kier molecular flexibility index (Phi) is 4.53. The van der Waals surface area contributed by atoms with Crippen LogP contribution in [0.4, 0.5) is 20.2 Å². The van der Waals surface area contributed by atoms with Gasteiger partial charge in [0.25, 0.3) is 5.91 Å². The molecule has 5 heteroatoms. The third-order valence-electron chi connectivity index (χ3n) is 7.69. The van der Waals surface area contributed by atoms with Crippen LogP contribution in [-0.2, 0) is 0 Å². The molecule has 0 spiro atoms. The van der Waals surface area contributed by atoms with Crippen molar-refractivity contribution in [3.8, 4) is 0 Å². The minimum absolute atomic E-state index is 0.0193. The lowest BCUT2D eigenvalue weighted by atomic mass is 9.68. The maximum Gasteiger partial charge on any atom is 0.255 e. The maximum absolute atomic E-state index is 14.0. The molecule has 162 valence electrons. The summed E-state index contributed by atoms with van der Waals surface area (Å²) in [5.74, 6) is 0.435. The van der Waals surface area contributed by atoms with Crippen LogP contribution in [0.1, 0.15) is 52.7 Å². The van der Waals surface area contributed by atoms with Gasteiger partial charge in [-0.2, -0.15) is 0 Å². The number of amides is 1. The number of benzene rings is 3. The molecule has 0 aromatic heterocycles. The second kappa shape index (κ2) is 7.44. The summed E-state index contributed by atoms with van der Waals surface area (Å²) in [5.41, 5.74) is 4.07. The first kappa shape index (κ1) is 19.5. The van der Waals surface area contributed by atoms with Gasteiger partial charge in [0.15, 0.2) is 0 Å². The van der Waals surface area contributed by atoms with Crippen molar-refractivity contribution in [1.82, 2.24) is 0 Å². The van der Waals surface area contributed by atoms with E-state index in [1.165, 1.54) is 36.5 Å². The molecule has 3 aliphatic rings. The molecule has 3 nitrogen and oxygen atoms in total. The Morgan fingerprint density at radius 3 is 2.56 bits per heavy atom. The third-order valence-corrected chi connectivity index (χ3v) is 7.69. The summed E-state index contributed by atoms with van der Waals surface area (Å²) in [6.07, 6.45) is 3.76. The van der Waals surface area contributed by atoms with Crippen molar-refractivity contribution < 1.29 is 13.6 Å². The lowest BCUT2D eigenvalue weighted by Gasteiger charge is -2.43. The quantitative estimate of drug-likeness (QED) is 0.497. The van der Waals surface area contributed by atoms with E-state index in [4.69, 9.17) is 0 Å². The van der Waals surface area contributed by atoms with Gasteiger partial charge in [-0.15, -0.1) is 0 Å². The molecule has 2 saturated carbocycles. The maximum atomic E-state index is 14.0. The number of hydrogen-bond acceptors (Lipinski definition) is 2. The Morgan fingerprint density at radius 1 is 0.938 bits per heavy atom. The summed E-state index contributed by atoms with van der Waals surface area (Å²) in [6, 6.07) is 19.8. The summed E-state index contributed by atoms with van der Waals surface area (Å²) >= 11 is 0. The molecule has 2 bridgehead atoms. The Hall–Kier alpha value is -3.21. The van der Waals surface area contributed by atoms with E-state index >= 15 is 0 Å². The minimum Gasteiger partial charge on any atom is -0.378 e. The molecular weight excluding hydrogens is 406 g/mol. The molecule has 0 radical (unpaired) electrons. The fourth-order valence-corrected chi connectivity index (χ4v) is 6.40. The number of fused-ring (bicyclic) bond motifs is 7. The van der Waals surface area contributed by atoms with E-state index < -0.39 is 11.6 Å². The van der Waals surface area contributed by atoms with Crippen LogP contribution in [0.25, 0.3) is 0 Å². The summed E-state index contributed by atoms with van der Waals surface area (Å²) in [6.45, 7) is 0. The van der Waals surface area contributed by atoms with Crippen molar-refractivity contribution in [3.63, 3.8) is 0 Å². The van der Waals surface area contributed by atoms with Crippen molar-refractivity contribution in [2.45, 2.75) is 31.2 Å². The van der Waals surface area contributed by atoms with Gasteiger partial charge in [-0.05, 0) is 84.4 Å². The number of anilines is 2. The first-order valence-electron chi connectivity index (χ1n) is 11.3. The fourth-order valence-electron chi connectivity index (χ4n) is 6.40. The molecule has 0 saturated heterocycles. The van der Waals surface area contributed by atoms with Crippen molar-refractivity contribution in [2.24, 2.45) is 17.8 Å². The van der Waals surface area contributed by atoms with E-state index in [1.807, 2.05) is 18.2 Å². The van der Waals surface area contributed by atoms with Crippen molar-refractivity contribution in [3.05, 3.63) is 95.1 Å². The van der Waals surface area contributed by atoms with Gasteiger partial charge < -0.3 is 10.6 Å². The molecule has 2 N–H and O–H groups in total. The zero-order chi connectivity index (χ0) is 21.8. The van der Waals surface area contributed by atoms with Crippen molar-refractivity contribution in [1.29, 1.82) is 0 Å². The number of carbonyl (C=O) groups excluding carboxylic acids is 1. The summed E-state index contributed by atoms with van der Waals surface area (Å²) in [7, 11) is 0. The van der Waals surface area contributed by atoms with Gasteiger partial charge in [0.2, 0.25) is 0 Å². The second-order valence-electron chi connectivity index (χ2n) is 9.35. The molecule has 3 aromatic rings. The number of rotatable bonds is 3. The number of hydrogen-bond donors (Lipinski definition) is 2. The van der Waals surface area contributed by atoms with E-state index in [-0.39, 0.29) is 17.6 Å². The number of halogens is 2. The lowest BCUT2D eigenvalue weighted by molar-refractivity contribution is 0.102. The highest BCUT2D eigenvalue weighted by atomic mass is 19.1. The first-order valence-corrected chi connectivity index (χ1v) is 11.3. The predicted octanol–water partition coefficient (Wildman–Crippen LogP) is 6.51. The molecule has 5 atom stereocenters. The van der Waals surface area contributed by atoms with Crippen LogP contribution < -0.4 is 10.6 Å². The molecule has 0 unspecified atom stereocenters. The number of carbonyl (C=O) groups is 1. The van der Waals surface area contributed by atoms with Crippen molar-refractivity contribution >= 4 is 17.3 Å². The highest BCUT2D eigenvalue weighted by Crippen LogP contribution is 2.63. The molecule has 2 fully saturated rings. The third kappa shape index (κ3) is 3.10. The van der Waals surface area contributed by atoms with Crippen LogP contribution in [0.3, 0.4) is 0 Å². The van der Waals surface area contributed by atoms with Crippen LogP contribution in [0.5, 0.6) is 0 Å². The van der Waals surface area contributed by atoms with Crippen LogP contribution in [0.15, 0.2) is 66.7 Å². The fraction of sp³-hybridized carbons (Fsp3) is 0.296. The van der Waals surface area contributed by atoms with Crippen LogP contribution in [-0.4, -0.2) is 5.91 Å². The largest absolute Gasteiger partial charge is 0.378 e. The molecule has 6 rings (SSSR count). The molecule has 3 aromatic carbocycles. The standard InChI is InChI=1S/C27H24F2N2O/c28-19-9-11-23(21(29)14-19)31-27(32)18-8-10-22-20(13-18)24-16-6-7-17(12-16)25(24)26(30-22)15-4-2-1-3-5-15/h1-5,8-11,13-14,16-17,24-26,30H,6-7,12H2,(H,31,32)/t16-,17-,24-,25+,26-/m0/s1. The average Bonchev–Trinajstić information content (AvgIpc) is 3.43. The zero-order valence-electron chi connectivity index (χ0n) is 17.5. The van der Waals surface area contributed by atoms with Gasteiger partial charge in [0, 0.05) is 17.3 Å². The highest BCUT2D eigenvalue weighted by molar-refractivity contribution is 6.04. The van der Waals surface area contributed by atoms with E-state index in [2.05, 4.69) is 34.9 Å². The Morgan fingerprint density at radius 2 is 1.75 bits per heavy atom. The summed E-state index contributed by atoms with van der Waals surface area (Å²) < 4.78 is 27.2. The van der Waals surface area contributed by atoms with Gasteiger partial charge in [0.05, 0.1) is 11.7 Å². The van der Waals surface area contributed by atoms with Crippen molar-refractivity contribution in [2.75, 3.05) is 10.6 Å². The molecule has 1 amide bonds. The Bertz CT molecular complexity index is 1200. The topological polar surface area (TPSA) is 41.1 Å². The predicted molar refractivity (Wildman–Crippen MR) is 121 cm³/mol. The lowest BCUT2D eigenvalue weighted by Crippen LogP contribution is -2.35. The Labute approximate surface area is 185 Å². The molecule has 1 heterocycles. The summed E-state index contributed by atoms with van der Waals surface area (Å²) in [5, 5.41) is 6.36. The zero-order valence-corrected chi connectivity index (χ0v) is 17.5. The second-order valence-corrected chi connectivity index (χ2v) is 9.35. The van der Waals surface area contributed by atoms with Crippen LogP contribution in [0.2, 0.25) is 0 Å². The number of nitrogens with one attached hydrogen (secondary N) is 2. The van der Waals surface area contributed by atoms with Gasteiger partial charge >= 0.3 is 0 Å².